The number of anilines is 1. The minimum Gasteiger partial charge on any atom is -0.351 e. The lowest BCUT2D eigenvalue weighted by atomic mass is 10.2. The molecule has 5 rings (SSSR count). The van der Waals surface area contributed by atoms with Gasteiger partial charge in [-0.15, -0.1) is 5.10 Å². The van der Waals surface area contributed by atoms with Crippen molar-refractivity contribution in [2.24, 2.45) is 5.73 Å². The van der Waals surface area contributed by atoms with Crippen LogP contribution < -0.4 is 11.1 Å². The van der Waals surface area contributed by atoms with Gasteiger partial charge >= 0.3 is 6.03 Å². The fraction of sp³-hybridized carbons (Fsp3) is 0.263. The molecule has 0 bridgehead atoms. The summed E-state index contributed by atoms with van der Waals surface area (Å²) < 4.78 is 1.69. The maximum absolute atomic E-state index is 11.3. The predicted octanol–water partition coefficient (Wildman–Crippen LogP) is 1.63. The maximum Gasteiger partial charge on any atom is 0.314 e. The molecule has 0 radical (unpaired) electrons. The van der Waals surface area contributed by atoms with Crippen molar-refractivity contribution in [3.63, 3.8) is 0 Å². The molecule has 0 aliphatic carbocycles. The highest BCUT2D eigenvalue weighted by Gasteiger charge is 2.25. The third kappa shape index (κ3) is 3.18. The number of amides is 2. The van der Waals surface area contributed by atoms with Gasteiger partial charge in [-0.25, -0.2) is 9.78 Å². The van der Waals surface area contributed by atoms with Crippen LogP contribution in [0.2, 0.25) is 0 Å². The van der Waals surface area contributed by atoms with Gasteiger partial charge in [0.2, 0.25) is 5.95 Å². The lowest BCUT2D eigenvalue weighted by Gasteiger charge is -2.14. The van der Waals surface area contributed by atoms with Gasteiger partial charge in [-0.05, 0) is 37.6 Å². The fourth-order valence-corrected chi connectivity index (χ4v) is 3.58. The monoisotopic (exact) mass is 389 g/mol. The Morgan fingerprint density at radius 3 is 2.93 bits per heavy atom. The minimum absolute atomic E-state index is 0.0549. The van der Waals surface area contributed by atoms with Crippen LogP contribution in [0.15, 0.2) is 36.5 Å². The SMILES string of the molecule is Cc1ccc2cc(-n3nnc4cnc(NC5CCN(C(N)=O)C5)nc43)ccc2n1. The molecule has 3 aromatic heterocycles. The number of aryl methyl sites for hydroxylation is 1. The molecule has 1 unspecified atom stereocenters. The number of likely N-dealkylation sites (tertiary alicyclic amines) is 1. The number of carbonyl (C=O) groups is 1. The van der Waals surface area contributed by atoms with Crippen molar-refractivity contribution in [2.45, 2.75) is 19.4 Å². The zero-order chi connectivity index (χ0) is 20.0. The second-order valence-corrected chi connectivity index (χ2v) is 7.15. The van der Waals surface area contributed by atoms with Gasteiger partial charge in [-0.2, -0.15) is 9.67 Å². The van der Waals surface area contributed by atoms with Crippen LogP contribution in [0.3, 0.4) is 0 Å². The fourth-order valence-electron chi connectivity index (χ4n) is 3.58. The zero-order valence-electron chi connectivity index (χ0n) is 15.8. The van der Waals surface area contributed by atoms with Crippen LogP contribution >= 0.6 is 0 Å². The summed E-state index contributed by atoms with van der Waals surface area (Å²) in [5.41, 5.74) is 9.30. The summed E-state index contributed by atoms with van der Waals surface area (Å²) in [6, 6.07) is 9.57. The third-order valence-corrected chi connectivity index (χ3v) is 5.08. The lowest BCUT2D eigenvalue weighted by molar-refractivity contribution is 0.218. The van der Waals surface area contributed by atoms with Gasteiger partial charge in [-0.1, -0.05) is 11.3 Å². The highest BCUT2D eigenvalue weighted by molar-refractivity contribution is 5.82. The molecule has 1 saturated heterocycles. The summed E-state index contributed by atoms with van der Waals surface area (Å²) in [6.07, 6.45) is 2.43. The first-order chi connectivity index (χ1) is 14.1. The van der Waals surface area contributed by atoms with Gasteiger partial charge in [0.15, 0.2) is 11.2 Å². The van der Waals surface area contributed by atoms with E-state index in [2.05, 4.69) is 30.6 Å². The van der Waals surface area contributed by atoms with E-state index in [0.29, 0.717) is 30.2 Å². The Balaban J connectivity index is 1.47. The summed E-state index contributed by atoms with van der Waals surface area (Å²) in [6.45, 7) is 3.13. The topological polar surface area (TPSA) is 128 Å². The number of aromatic nitrogens is 6. The Morgan fingerprint density at radius 2 is 2.10 bits per heavy atom. The van der Waals surface area contributed by atoms with Crippen LogP contribution in [0.5, 0.6) is 0 Å². The number of nitrogens with zero attached hydrogens (tertiary/aromatic N) is 7. The van der Waals surface area contributed by atoms with Crippen LogP contribution in [-0.4, -0.2) is 60.0 Å². The van der Waals surface area contributed by atoms with Crippen LogP contribution in [0.1, 0.15) is 12.1 Å². The molecule has 4 heterocycles. The van der Waals surface area contributed by atoms with E-state index in [4.69, 9.17) is 5.73 Å². The van der Waals surface area contributed by atoms with Crippen molar-refractivity contribution in [3.05, 3.63) is 42.2 Å². The van der Waals surface area contributed by atoms with Crippen molar-refractivity contribution in [2.75, 3.05) is 18.4 Å². The number of primary amides is 1. The average Bonchev–Trinajstić information content (AvgIpc) is 3.34. The summed E-state index contributed by atoms with van der Waals surface area (Å²) in [7, 11) is 0. The Bertz CT molecular complexity index is 1240. The summed E-state index contributed by atoms with van der Waals surface area (Å²) >= 11 is 0. The van der Waals surface area contributed by atoms with Crippen LogP contribution in [0.25, 0.3) is 27.8 Å². The Kier molecular flexibility index (Phi) is 3.97. The number of nitrogens with one attached hydrogen (secondary N) is 1. The van der Waals surface area contributed by atoms with Gasteiger partial charge in [-0.3, -0.25) is 4.98 Å². The largest absolute Gasteiger partial charge is 0.351 e. The van der Waals surface area contributed by atoms with E-state index in [-0.39, 0.29) is 6.04 Å². The average molecular weight is 389 g/mol. The summed E-state index contributed by atoms with van der Waals surface area (Å²) in [5, 5.41) is 12.7. The molecular formula is C19H19N9O. The number of urea groups is 1. The molecule has 0 spiro atoms. The van der Waals surface area contributed by atoms with Gasteiger partial charge < -0.3 is 16.0 Å². The lowest BCUT2D eigenvalue weighted by Crippen LogP contribution is -2.35. The number of fused-ring (bicyclic) bond motifs is 2. The van der Waals surface area contributed by atoms with Crippen LogP contribution in [-0.2, 0) is 0 Å². The molecule has 29 heavy (non-hydrogen) atoms. The van der Waals surface area contributed by atoms with Gasteiger partial charge in [0.25, 0.3) is 0 Å². The summed E-state index contributed by atoms with van der Waals surface area (Å²) in [4.78, 5) is 26.4. The van der Waals surface area contributed by atoms with E-state index < -0.39 is 6.03 Å². The number of hydrogen-bond donors (Lipinski definition) is 2. The number of hydrogen-bond acceptors (Lipinski definition) is 7. The molecule has 0 saturated carbocycles. The first-order valence-electron chi connectivity index (χ1n) is 9.34. The molecule has 1 aliphatic rings. The molecule has 1 aliphatic heterocycles. The van der Waals surface area contributed by atoms with Gasteiger partial charge in [0.05, 0.1) is 17.4 Å². The molecule has 10 nitrogen and oxygen atoms in total. The van der Waals surface area contributed by atoms with E-state index in [9.17, 15) is 4.79 Å². The smallest absolute Gasteiger partial charge is 0.314 e. The number of nitrogens with two attached hydrogens (primary N) is 1. The Labute approximate surface area is 165 Å². The molecule has 10 heteroatoms. The molecule has 1 fully saturated rings. The highest BCUT2D eigenvalue weighted by Crippen LogP contribution is 2.21. The third-order valence-electron chi connectivity index (χ3n) is 5.08. The first-order valence-corrected chi connectivity index (χ1v) is 9.34. The van der Waals surface area contributed by atoms with Crippen molar-refractivity contribution >= 4 is 34.0 Å². The van der Waals surface area contributed by atoms with Gasteiger partial charge in [0.1, 0.15) is 0 Å². The van der Waals surface area contributed by atoms with E-state index in [1.807, 2.05) is 37.3 Å². The molecule has 1 aromatic carbocycles. The van der Waals surface area contributed by atoms with E-state index in [1.165, 1.54) is 0 Å². The highest BCUT2D eigenvalue weighted by atomic mass is 16.2. The number of pyridine rings is 1. The molecule has 4 aromatic rings. The molecule has 146 valence electrons. The zero-order valence-corrected chi connectivity index (χ0v) is 15.8. The first kappa shape index (κ1) is 17.3. The quantitative estimate of drug-likeness (QED) is 0.545. The minimum atomic E-state index is -0.408. The number of benzene rings is 1. The summed E-state index contributed by atoms with van der Waals surface area (Å²) in [5.74, 6) is 0.468. The molecular weight excluding hydrogens is 370 g/mol. The molecule has 1 atom stereocenters. The van der Waals surface area contributed by atoms with Crippen molar-refractivity contribution < 1.29 is 4.79 Å². The normalized spacial score (nSPS) is 16.6. The van der Waals surface area contributed by atoms with Crippen molar-refractivity contribution in [1.29, 1.82) is 0 Å². The van der Waals surface area contributed by atoms with E-state index in [0.717, 1.165) is 28.7 Å². The standard InChI is InChI=1S/C19H19N9O/c1-11-2-3-12-8-14(4-5-15(12)22-11)28-17-16(25-26-28)9-21-19(24-17)23-13-6-7-27(10-13)18(20)29/h2-5,8-9,13H,6-7,10H2,1H3,(H2,20,29)(H,21,23,24). The molecule has 3 N–H and O–H groups in total. The predicted molar refractivity (Wildman–Crippen MR) is 108 cm³/mol. The second kappa shape index (κ2) is 6.66. The molecule has 2 amide bonds. The number of carbonyl (C=O) groups excluding carboxylic acids is 1. The Hall–Kier alpha value is -3.82. The van der Waals surface area contributed by atoms with Crippen LogP contribution in [0, 0.1) is 6.92 Å². The van der Waals surface area contributed by atoms with Gasteiger partial charge in [0, 0.05) is 30.2 Å². The van der Waals surface area contributed by atoms with Crippen LogP contribution in [0.4, 0.5) is 10.7 Å². The van der Waals surface area contributed by atoms with Crippen molar-refractivity contribution in [3.8, 4) is 5.69 Å². The number of rotatable bonds is 3. The van der Waals surface area contributed by atoms with E-state index >= 15 is 0 Å². The van der Waals surface area contributed by atoms with E-state index in [1.54, 1.807) is 15.8 Å². The van der Waals surface area contributed by atoms with Crippen molar-refractivity contribution in [1.82, 2.24) is 34.8 Å². The second-order valence-electron chi connectivity index (χ2n) is 7.15. The maximum atomic E-state index is 11.3. The Morgan fingerprint density at radius 1 is 1.21 bits per heavy atom.